The Balaban J connectivity index is 1.48. The molecular weight excluding hydrogens is 382 g/mol. The molecule has 30 heavy (non-hydrogen) atoms. The van der Waals surface area contributed by atoms with E-state index in [9.17, 15) is 14.7 Å². The minimum Gasteiger partial charge on any atom is -0.548 e. The lowest BCUT2D eigenvalue weighted by molar-refractivity contribution is -0.310. The molecule has 0 unspecified atom stereocenters. The predicted molar refractivity (Wildman–Crippen MR) is 110 cm³/mol. The predicted octanol–water partition coefficient (Wildman–Crippen LogP) is 2.94. The molecule has 0 spiro atoms. The first-order valence-electron chi connectivity index (χ1n) is 10.2. The molecule has 0 aromatic heterocycles. The number of fused-ring (bicyclic) bond motifs is 3. The minimum absolute atomic E-state index is 0.0769. The van der Waals surface area contributed by atoms with Gasteiger partial charge in [0.05, 0.1) is 30.3 Å². The van der Waals surface area contributed by atoms with Crippen LogP contribution in [0.5, 0.6) is 0 Å². The van der Waals surface area contributed by atoms with Crippen LogP contribution in [0.1, 0.15) is 44.2 Å². The van der Waals surface area contributed by atoms with Gasteiger partial charge >= 0.3 is 6.09 Å². The number of nitrogens with zero attached hydrogens (tertiary/aromatic N) is 1. The van der Waals surface area contributed by atoms with Gasteiger partial charge in [-0.3, -0.25) is 4.90 Å². The first-order chi connectivity index (χ1) is 14.2. The Morgan fingerprint density at radius 2 is 1.60 bits per heavy atom. The van der Waals surface area contributed by atoms with Crippen molar-refractivity contribution in [3.8, 4) is 11.1 Å². The molecule has 6 nitrogen and oxygen atoms in total. The Labute approximate surface area is 176 Å². The topological polar surface area (TPSA) is 78.9 Å². The number of aliphatic carboxylic acids is 1. The number of benzene rings is 2. The van der Waals surface area contributed by atoms with E-state index in [-0.39, 0.29) is 31.6 Å². The maximum atomic E-state index is 12.8. The zero-order valence-electron chi connectivity index (χ0n) is 17.5. The fourth-order valence-electron chi connectivity index (χ4n) is 4.48. The summed E-state index contributed by atoms with van der Waals surface area (Å²) < 4.78 is 11.5. The lowest BCUT2D eigenvalue weighted by Crippen LogP contribution is -2.47. The maximum Gasteiger partial charge on any atom is 0.410 e. The summed E-state index contributed by atoms with van der Waals surface area (Å²) in [6.45, 7) is 6.02. The molecule has 2 aliphatic rings. The minimum atomic E-state index is -1.29. The van der Waals surface area contributed by atoms with Crippen molar-refractivity contribution < 1.29 is 24.2 Å². The summed E-state index contributed by atoms with van der Waals surface area (Å²) in [5.41, 5.74) is 4.07. The largest absolute Gasteiger partial charge is 0.548 e. The summed E-state index contributed by atoms with van der Waals surface area (Å²) in [6.07, 6.45) is -0.816. The molecule has 0 radical (unpaired) electrons. The van der Waals surface area contributed by atoms with Crippen molar-refractivity contribution in [2.45, 2.75) is 50.9 Å². The molecule has 1 heterocycles. The molecule has 1 amide bonds. The van der Waals surface area contributed by atoms with Crippen LogP contribution in [0.3, 0.4) is 0 Å². The first kappa shape index (κ1) is 20.4. The molecule has 4 rings (SSSR count). The van der Waals surface area contributed by atoms with Gasteiger partial charge < -0.3 is 19.4 Å². The highest BCUT2D eigenvalue weighted by molar-refractivity contribution is 5.81. The maximum absolute atomic E-state index is 12.8. The van der Waals surface area contributed by atoms with Crippen molar-refractivity contribution in [3.05, 3.63) is 59.7 Å². The molecule has 0 N–H and O–H groups in total. The normalized spacial score (nSPS) is 20.7. The van der Waals surface area contributed by atoms with E-state index in [1.807, 2.05) is 57.2 Å². The zero-order valence-corrected chi connectivity index (χ0v) is 17.5. The average molecular weight is 408 g/mol. The van der Waals surface area contributed by atoms with Crippen molar-refractivity contribution in [2.75, 3.05) is 13.2 Å². The van der Waals surface area contributed by atoms with Crippen molar-refractivity contribution in [1.82, 2.24) is 4.90 Å². The summed E-state index contributed by atoms with van der Waals surface area (Å²) >= 11 is 0. The Morgan fingerprint density at radius 3 is 2.13 bits per heavy atom. The Hall–Kier alpha value is -2.86. The molecule has 0 bridgehead atoms. The van der Waals surface area contributed by atoms with Gasteiger partial charge in [-0.15, -0.1) is 0 Å². The van der Waals surface area contributed by atoms with E-state index in [0.29, 0.717) is 0 Å². The number of carboxylic acid groups (broad SMARTS) is 1. The third-order valence-corrected chi connectivity index (χ3v) is 5.63. The van der Waals surface area contributed by atoms with E-state index in [1.165, 1.54) is 4.90 Å². The molecule has 0 saturated carbocycles. The second kappa shape index (κ2) is 7.76. The molecule has 158 valence electrons. The zero-order chi connectivity index (χ0) is 21.5. The van der Waals surface area contributed by atoms with Gasteiger partial charge in [0.25, 0.3) is 0 Å². The standard InChI is InChI=1S/C24H27NO5/c1-24(2,3)30-15-12-21(22(26)27)25(13-15)23(28)29-14-20-18-10-6-4-8-16(18)17-9-5-7-11-19(17)20/h4-11,15,20-21H,12-14H2,1-3H3,(H,26,27)/p-1/t15-,21-/m0/s1. The number of amides is 1. The van der Waals surface area contributed by atoms with E-state index < -0.39 is 23.7 Å². The summed E-state index contributed by atoms with van der Waals surface area (Å²) in [6, 6.07) is 15.1. The lowest BCUT2D eigenvalue weighted by atomic mass is 9.98. The van der Waals surface area contributed by atoms with Crippen LogP contribution in [0.4, 0.5) is 4.79 Å². The van der Waals surface area contributed by atoms with Gasteiger partial charge in [0.15, 0.2) is 0 Å². The highest BCUT2D eigenvalue weighted by Gasteiger charge is 2.40. The molecule has 1 fully saturated rings. The van der Waals surface area contributed by atoms with Gasteiger partial charge in [0.2, 0.25) is 0 Å². The van der Waals surface area contributed by atoms with Gasteiger partial charge in [-0.25, -0.2) is 4.79 Å². The number of carbonyl (C=O) groups is 2. The number of hydrogen-bond acceptors (Lipinski definition) is 5. The van der Waals surface area contributed by atoms with Crippen LogP contribution in [-0.4, -0.2) is 47.9 Å². The lowest BCUT2D eigenvalue weighted by Gasteiger charge is -2.26. The second-order valence-electron chi connectivity index (χ2n) is 8.88. The highest BCUT2D eigenvalue weighted by Crippen LogP contribution is 2.44. The van der Waals surface area contributed by atoms with Crippen LogP contribution in [0, 0.1) is 0 Å². The fraction of sp³-hybridized carbons (Fsp3) is 0.417. The fourth-order valence-corrected chi connectivity index (χ4v) is 4.48. The molecule has 2 aromatic carbocycles. The Bertz CT molecular complexity index is 919. The van der Waals surface area contributed by atoms with Gasteiger partial charge in [-0.2, -0.15) is 0 Å². The van der Waals surface area contributed by atoms with E-state index in [4.69, 9.17) is 9.47 Å². The van der Waals surface area contributed by atoms with Crippen molar-refractivity contribution in [2.24, 2.45) is 0 Å². The first-order valence-corrected chi connectivity index (χ1v) is 10.2. The Kier molecular flexibility index (Phi) is 5.28. The number of rotatable bonds is 4. The van der Waals surface area contributed by atoms with Gasteiger partial charge in [-0.05, 0) is 43.0 Å². The van der Waals surface area contributed by atoms with Crippen molar-refractivity contribution in [1.29, 1.82) is 0 Å². The van der Waals surface area contributed by atoms with E-state index in [2.05, 4.69) is 12.1 Å². The van der Waals surface area contributed by atoms with Gasteiger partial charge in [0, 0.05) is 12.3 Å². The number of carbonyl (C=O) groups excluding carboxylic acids is 2. The van der Waals surface area contributed by atoms with E-state index in [0.717, 1.165) is 22.3 Å². The molecule has 1 aliphatic carbocycles. The molecule has 1 saturated heterocycles. The van der Waals surface area contributed by atoms with Crippen LogP contribution in [0.25, 0.3) is 11.1 Å². The van der Waals surface area contributed by atoms with E-state index >= 15 is 0 Å². The number of ether oxygens (including phenoxy) is 2. The average Bonchev–Trinajstić information content (AvgIpc) is 3.24. The summed E-state index contributed by atoms with van der Waals surface area (Å²) in [7, 11) is 0. The summed E-state index contributed by atoms with van der Waals surface area (Å²) in [5, 5.41) is 11.6. The highest BCUT2D eigenvalue weighted by atomic mass is 16.6. The Morgan fingerprint density at radius 1 is 1.03 bits per heavy atom. The van der Waals surface area contributed by atoms with Crippen LogP contribution in [0.2, 0.25) is 0 Å². The van der Waals surface area contributed by atoms with Crippen LogP contribution >= 0.6 is 0 Å². The number of likely N-dealkylation sites (tertiary alicyclic amines) is 1. The molecule has 2 aromatic rings. The van der Waals surface area contributed by atoms with Crippen LogP contribution < -0.4 is 5.11 Å². The van der Waals surface area contributed by atoms with E-state index in [1.54, 1.807) is 0 Å². The van der Waals surface area contributed by atoms with Crippen molar-refractivity contribution in [3.63, 3.8) is 0 Å². The van der Waals surface area contributed by atoms with Crippen LogP contribution in [0.15, 0.2) is 48.5 Å². The SMILES string of the molecule is CC(C)(C)O[C@H]1C[C@@H](C(=O)[O-])N(C(=O)OCC2c3ccccc3-c3ccccc32)C1. The number of hydrogen-bond donors (Lipinski definition) is 0. The number of carboxylic acids is 1. The third kappa shape index (κ3) is 3.92. The monoisotopic (exact) mass is 408 g/mol. The summed E-state index contributed by atoms with van der Waals surface area (Å²) in [5.74, 6) is -1.37. The summed E-state index contributed by atoms with van der Waals surface area (Å²) in [4.78, 5) is 25.6. The molecule has 1 aliphatic heterocycles. The second-order valence-corrected chi connectivity index (χ2v) is 8.88. The van der Waals surface area contributed by atoms with Gasteiger partial charge in [-0.1, -0.05) is 48.5 Å². The molecule has 6 heteroatoms. The van der Waals surface area contributed by atoms with Gasteiger partial charge in [0.1, 0.15) is 6.61 Å². The molecular formula is C24H26NO5-. The quantitative estimate of drug-likeness (QED) is 0.777. The molecule has 2 atom stereocenters. The van der Waals surface area contributed by atoms with Crippen molar-refractivity contribution >= 4 is 12.1 Å². The third-order valence-electron chi connectivity index (χ3n) is 5.63. The van der Waals surface area contributed by atoms with Crippen LogP contribution in [-0.2, 0) is 14.3 Å². The smallest absolute Gasteiger partial charge is 0.410 e.